The van der Waals surface area contributed by atoms with Gasteiger partial charge in [-0.2, -0.15) is 10.2 Å². The van der Waals surface area contributed by atoms with Gasteiger partial charge in [-0.1, -0.05) is 18.2 Å². The number of para-hydroxylation sites is 1. The molecule has 2 aromatic heterocycles. The number of halogens is 1. The smallest absolute Gasteiger partial charge is 0.137 e. The Balaban J connectivity index is 1.57. The zero-order chi connectivity index (χ0) is 19.3. The molecule has 4 rings (SSSR count). The Morgan fingerprint density at radius 1 is 1.07 bits per heavy atom. The fourth-order valence-electron chi connectivity index (χ4n) is 3.06. The predicted molar refractivity (Wildman–Crippen MR) is 105 cm³/mol. The molecule has 7 heteroatoms. The first-order valence-electron chi connectivity index (χ1n) is 9.15. The van der Waals surface area contributed by atoms with Crippen LogP contribution in [0.1, 0.15) is 18.5 Å². The lowest BCUT2D eigenvalue weighted by molar-refractivity contribution is 0.452. The van der Waals surface area contributed by atoms with Gasteiger partial charge >= 0.3 is 0 Å². The fourth-order valence-corrected chi connectivity index (χ4v) is 3.06. The highest BCUT2D eigenvalue weighted by atomic mass is 19.1. The van der Waals surface area contributed by atoms with E-state index < -0.39 is 0 Å². The van der Waals surface area contributed by atoms with Crippen LogP contribution >= 0.6 is 0 Å². The molecule has 0 unspecified atom stereocenters. The highest BCUT2D eigenvalue weighted by Crippen LogP contribution is 2.24. The summed E-state index contributed by atoms with van der Waals surface area (Å²) in [6, 6.07) is 16.6. The first-order valence-corrected chi connectivity index (χ1v) is 9.15. The minimum absolute atomic E-state index is 0.181. The zero-order valence-electron chi connectivity index (χ0n) is 15.5. The Hall–Kier alpha value is -3.32. The molecule has 0 aliphatic carbocycles. The van der Waals surface area contributed by atoms with E-state index in [0.29, 0.717) is 6.54 Å². The largest absolute Gasteiger partial charge is 0.310 e. The highest BCUT2D eigenvalue weighted by molar-refractivity contribution is 5.63. The molecule has 1 N–H and O–H groups in total. The van der Waals surface area contributed by atoms with Crippen molar-refractivity contribution >= 4 is 0 Å². The van der Waals surface area contributed by atoms with Crippen LogP contribution in [0, 0.1) is 5.82 Å². The maximum Gasteiger partial charge on any atom is 0.137 e. The molecule has 1 atom stereocenters. The SMILES string of the molecule is C[C@@H](CNCc1cn(-c2ccccc2)nc1-c1ccc(F)cc1)n1cncn1. The van der Waals surface area contributed by atoms with Crippen molar-refractivity contribution in [1.29, 1.82) is 0 Å². The van der Waals surface area contributed by atoms with E-state index in [2.05, 4.69) is 22.3 Å². The minimum atomic E-state index is -0.257. The number of hydrogen-bond acceptors (Lipinski definition) is 4. The maximum absolute atomic E-state index is 13.3. The predicted octanol–water partition coefficient (Wildman–Crippen LogP) is 3.62. The quantitative estimate of drug-likeness (QED) is 0.535. The van der Waals surface area contributed by atoms with Crippen molar-refractivity contribution in [3.8, 4) is 16.9 Å². The summed E-state index contributed by atoms with van der Waals surface area (Å²) in [5.74, 6) is -0.257. The van der Waals surface area contributed by atoms with Gasteiger partial charge in [0, 0.05) is 30.4 Å². The van der Waals surface area contributed by atoms with E-state index in [9.17, 15) is 4.39 Å². The van der Waals surface area contributed by atoms with Gasteiger partial charge in [0.05, 0.1) is 17.4 Å². The first-order chi connectivity index (χ1) is 13.7. The number of nitrogens with one attached hydrogen (secondary N) is 1. The van der Waals surface area contributed by atoms with Crippen molar-refractivity contribution < 1.29 is 4.39 Å². The number of nitrogens with zero attached hydrogens (tertiary/aromatic N) is 5. The Labute approximate surface area is 162 Å². The monoisotopic (exact) mass is 376 g/mol. The summed E-state index contributed by atoms with van der Waals surface area (Å²) in [6.07, 6.45) is 5.26. The molecule has 2 heterocycles. The second-order valence-corrected chi connectivity index (χ2v) is 6.65. The third-order valence-corrected chi connectivity index (χ3v) is 4.57. The summed E-state index contributed by atoms with van der Waals surface area (Å²) < 4.78 is 17.0. The van der Waals surface area contributed by atoms with Crippen LogP contribution in [0.5, 0.6) is 0 Å². The number of rotatable bonds is 7. The van der Waals surface area contributed by atoms with Crippen molar-refractivity contribution in [2.24, 2.45) is 0 Å². The van der Waals surface area contributed by atoms with E-state index in [-0.39, 0.29) is 11.9 Å². The highest BCUT2D eigenvalue weighted by Gasteiger charge is 2.13. The molecule has 142 valence electrons. The van der Waals surface area contributed by atoms with Crippen molar-refractivity contribution in [1.82, 2.24) is 29.9 Å². The van der Waals surface area contributed by atoms with Crippen LogP contribution in [0.15, 0.2) is 73.4 Å². The molecule has 0 fully saturated rings. The van der Waals surface area contributed by atoms with Gasteiger partial charge in [-0.3, -0.25) is 0 Å². The molecule has 0 saturated carbocycles. The van der Waals surface area contributed by atoms with E-state index in [0.717, 1.165) is 29.1 Å². The summed E-state index contributed by atoms with van der Waals surface area (Å²) >= 11 is 0. The van der Waals surface area contributed by atoms with Crippen LogP contribution in [0.3, 0.4) is 0 Å². The van der Waals surface area contributed by atoms with Crippen LogP contribution in [0.4, 0.5) is 4.39 Å². The van der Waals surface area contributed by atoms with Gasteiger partial charge in [0.1, 0.15) is 18.5 Å². The van der Waals surface area contributed by atoms with E-state index in [1.165, 1.54) is 18.5 Å². The van der Waals surface area contributed by atoms with Gasteiger partial charge in [0.2, 0.25) is 0 Å². The second-order valence-electron chi connectivity index (χ2n) is 6.65. The molecule has 0 spiro atoms. The molecule has 4 aromatic rings. The van der Waals surface area contributed by atoms with Gasteiger partial charge in [-0.05, 0) is 43.3 Å². The van der Waals surface area contributed by atoms with Gasteiger partial charge < -0.3 is 5.32 Å². The van der Waals surface area contributed by atoms with E-state index >= 15 is 0 Å². The topological polar surface area (TPSA) is 60.6 Å². The maximum atomic E-state index is 13.3. The van der Waals surface area contributed by atoms with Crippen LogP contribution < -0.4 is 5.32 Å². The Kier molecular flexibility index (Phi) is 5.25. The summed E-state index contributed by atoms with van der Waals surface area (Å²) in [6.45, 7) is 3.46. The molecule has 0 aliphatic heterocycles. The van der Waals surface area contributed by atoms with Crippen molar-refractivity contribution in [2.75, 3.05) is 6.54 Å². The van der Waals surface area contributed by atoms with E-state index in [1.54, 1.807) is 18.5 Å². The van der Waals surface area contributed by atoms with Gasteiger partial charge in [-0.25, -0.2) is 18.7 Å². The van der Waals surface area contributed by atoms with Gasteiger partial charge in [0.25, 0.3) is 0 Å². The molecule has 0 amide bonds. The molecule has 0 bridgehead atoms. The zero-order valence-corrected chi connectivity index (χ0v) is 15.5. The summed E-state index contributed by atoms with van der Waals surface area (Å²) in [4.78, 5) is 3.99. The van der Waals surface area contributed by atoms with Crippen molar-refractivity contribution in [3.05, 3.63) is 84.8 Å². The summed E-state index contributed by atoms with van der Waals surface area (Å²) in [5.41, 5.74) is 3.75. The number of hydrogen-bond donors (Lipinski definition) is 1. The molecule has 6 nitrogen and oxygen atoms in total. The molecule has 0 aliphatic rings. The van der Waals surface area contributed by atoms with E-state index in [4.69, 9.17) is 5.10 Å². The third kappa shape index (κ3) is 3.99. The van der Waals surface area contributed by atoms with Gasteiger partial charge in [0.15, 0.2) is 0 Å². The minimum Gasteiger partial charge on any atom is -0.310 e. The van der Waals surface area contributed by atoms with Crippen LogP contribution in [-0.4, -0.2) is 31.1 Å². The van der Waals surface area contributed by atoms with Crippen molar-refractivity contribution in [2.45, 2.75) is 19.5 Å². The Morgan fingerprint density at radius 2 is 1.86 bits per heavy atom. The van der Waals surface area contributed by atoms with Crippen LogP contribution in [-0.2, 0) is 6.54 Å². The molecule has 0 saturated heterocycles. The van der Waals surface area contributed by atoms with Crippen LogP contribution in [0.25, 0.3) is 16.9 Å². The number of benzene rings is 2. The van der Waals surface area contributed by atoms with Crippen molar-refractivity contribution in [3.63, 3.8) is 0 Å². The van der Waals surface area contributed by atoms with Gasteiger partial charge in [-0.15, -0.1) is 0 Å². The molecular weight excluding hydrogens is 355 g/mol. The molecule has 28 heavy (non-hydrogen) atoms. The average Bonchev–Trinajstić information content (AvgIpc) is 3.40. The molecular formula is C21H21FN6. The molecule has 2 aromatic carbocycles. The number of aromatic nitrogens is 5. The lowest BCUT2D eigenvalue weighted by Gasteiger charge is -2.12. The summed E-state index contributed by atoms with van der Waals surface area (Å²) in [7, 11) is 0. The fraction of sp³-hybridized carbons (Fsp3) is 0.190. The lowest BCUT2D eigenvalue weighted by atomic mass is 10.1. The molecule has 0 radical (unpaired) electrons. The Morgan fingerprint density at radius 3 is 2.57 bits per heavy atom. The first kappa shape index (κ1) is 18.1. The summed E-state index contributed by atoms with van der Waals surface area (Å²) in [5, 5.41) is 12.4. The normalized spacial score (nSPS) is 12.2. The average molecular weight is 376 g/mol. The Bertz CT molecular complexity index is 1010. The standard InChI is InChI=1S/C21H21FN6/c1-16(28-15-24-14-25-28)11-23-12-18-13-27(20-5-3-2-4-6-20)26-21(18)17-7-9-19(22)10-8-17/h2-10,13-16,23H,11-12H2,1H3/t16-/m0/s1. The second kappa shape index (κ2) is 8.14. The van der Waals surface area contributed by atoms with Crippen LogP contribution in [0.2, 0.25) is 0 Å². The third-order valence-electron chi connectivity index (χ3n) is 4.57. The lowest BCUT2D eigenvalue weighted by Crippen LogP contribution is -2.23. The van der Waals surface area contributed by atoms with E-state index in [1.807, 2.05) is 45.9 Å².